The van der Waals surface area contributed by atoms with E-state index in [1.165, 1.54) is 0 Å². The number of carbonyl (C=O) groups is 2. The van der Waals surface area contributed by atoms with E-state index in [-0.39, 0.29) is 18.4 Å². The minimum atomic E-state index is -5.09. The zero-order valence-corrected chi connectivity index (χ0v) is 12.9. The molecule has 0 saturated carbocycles. The van der Waals surface area contributed by atoms with Crippen LogP contribution >= 0.6 is 0 Å². The van der Waals surface area contributed by atoms with E-state index < -0.39 is 57.7 Å². The van der Waals surface area contributed by atoms with Gasteiger partial charge in [-0.1, -0.05) is 0 Å². The minimum Gasteiger partial charge on any atom is -0.465 e. The molecule has 138 valence electrons. The molecule has 2 aromatic carbocycles. The van der Waals surface area contributed by atoms with Crippen LogP contribution in [0.25, 0.3) is 0 Å². The molecule has 0 atom stereocenters. The predicted octanol–water partition coefficient (Wildman–Crippen LogP) is 4.47. The molecule has 0 saturated heterocycles. The van der Waals surface area contributed by atoms with Crippen LogP contribution in [0.4, 0.5) is 37.7 Å². The molecule has 0 radical (unpaired) electrons. The van der Waals surface area contributed by atoms with Crippen molar-refractivity contribution in [3.63, 3.8) is 0 Å². The van der Waals surface area contributed by atoms with Crippen molar-refractivity contribution < 1.29 is 40.7 Å². The lowest BCUT2D eigenvalue weighted by molar-refractivity contribution is -0.139. The predicted molar refractivity (Wildman–Crippen MR) is 77.8 cm³/mol. The van der Waals surface area contributed by atoms with Gasteiger partial charge in [-0.3, -0.25) is 4.79 Å². The molecule has 0 bridgehead atoms. The maximum absolute atomic E-state index is 13.7. The summed E-state index contributed by atoms with van der Waals surface area (Å²) in [4.78, 5) is 22.7. The van der Waals surface area contributed by atoms with Crippen molar-refractivity contribution in [2.45, 2.75) is 6.18 Å². The molecule has 2 rings (SSSR count). The number of aldehydes is 1. The van der Waals surface area contributed by atoms with Gasteiger partial charge in [0.25, 0.3) is 0 Å². The zero-order chi connectivity index (χ0) is 19.6. The van der Waals surface area contributed by atoms with E-state index in [1.807, 2.05) is 0 Å². The molecule has 0 fully saturated rings. The van der Waals surface area contributed by atoms with Gasteiger partial charge in [0.15, 0.2) is 17.9 Å². The maximum Gasteiger partial charge on any atom is 0.419 e. The van der Waals surface area contributed by atoms with Crippen molar-refractivity contribution in [1.29, 1.82) is 0 Å². The van der Waals surface area contributed by atoms with E-state index >= 15 is 0 Å². The Morgan fingerprint density at radius 3 is 2.27 bits per heavy atom. The number of alkyl halides is 3. The fourth-order valence-electron chi connectivity index (χ4n) is 2.11. The normalized spacial score (nSPS) is 11.2. The molecule has 2 aromatic rings. The van der Waals surface area contributed by atoms with Crippen LogP contribution in [-0.2, 0) is 10.9 Å². The summed E-state index contributed by atoms with van der Waals surface area (Å²) in [6.07, 6.45) is -5.15. The third-order valence-corrected chi connectivity index (χ3v) is 3.34. The number of hydrogen-bond acceptors (Lipinski definition) is 4. The number of carbonyl (C=O) groups excluding carboxylic acids is 2. The molecular weight excluding hydrogens is 368 g/mol. The molecule has 1 N–H and O–H groups in total. The first-order valence-electron chi connectivity index (χ1n) is 6.79. The van der Waals surface area contributed by atoms with Crippen molar-refractivity contribution in [1.82, 2.24) is 0 Å². The number of benzene rings is 2. The van der Waals surface area contributed by atoms with E-state index in [2.05, 4.69) is 10.1 Å². The van der Waals surface area contributed by atoms with Crippen LogP contribution in [0.15, 0.2) is 24.3 Å². The van der Waals surface area contributed by atoms with Gasteiger partial charge in [-0.15, -0.1) is 0 Å². The van der Waals surface area contributed by atoms with Crippen molar-refractivity contribution in [3.8, 4) is 0 Å². The van der Waals surface area contributed by atoms with Crippen molar-refractivity contribution in [2.24, 2.45) is 0 Å². The van der Waals surface area contributed by atoms with Crippen LogP contribution < -0.4 is 5.32 Å². The van der Waals surface area contributed by atoms with Crippen LogP contribution in [0.2, 0.25) is 0 Å². The Kier molecular flexibility index (Phi) is 5.24. The maximum atomic E-state index is 13.7. The second-order valence-electron chi connectivity index (χ2n) is 4.93. The number of anilines is 2. The van der Waals surface area contributed by atoms with Gasteiger partial charge in [0.05, 0.1) is 35.2 Å². The standard InChI is InChI=1S/C16H9F6NO3/c1-26-15(25)7-4-11(18)9(16(20,21)22)5-13(7)23-12-3-2-10(17)14(19)8(12)6-24/h2-6,23H,1H3. The first kappa shape index (κ1) is 19.3. The number of rotatable bonds is 4. The fourth-order valence-corrected chi connectivity index (χ4v) is 2.11. The lowest BCUT2D eigenvalue weighted by Gasteiger charge is -2.16. The smallest absolute Gasteiger partial charge is 0.419 e. The number of esters is 1. The van der Waals surface area contributed by atoms with Gasteiger partial charge in [-0.2, -0.15) is 13.2 Å². The number of hydrogen-bond donors (Lipinski definition) is 1. The Morgan fingerprint density at radius 2 is 1.73 bits per heavy atom. The number of ether oxygens (including phenoxy) is 1. The van der Waals surface area contributed by atoms with E-state index in [4.69, 9.17) is 0 Å². The molecule has 0 aliphatic carbocycles. The zero-order valence-electron chi connectivity index (χ0n) is 12.9. The highest BCUT2D eigenvalue weighted by Gasteiger charge is 2.36. The summed E-state index contributed by atoms with van der Waals surface area (Å²) in [5.74, 6) is -5.82. The van der Waals surface area contributed by atoms with Crippen LogP contribution in [0.3, 0.4) is 0 Å². The molecule has 0 heterocycles. The van der Waals surface area contributed by atoms with Crippen molar-refractivity contribution >= 4 is 23.6 Å². The number of methoxy groups -OCH3 is 1. The quantitative estimate of drug-likeness (QED) is 0.486. The molecule has 0 spiro atoms. The van der Waals surface area contributed by atoms with Gasteiger partial charge in [-0.05, 0) is 24.3 Å². The molecular formula is C16H9F6NO3. The Labute approximate surface area is 142 Å². The molecule has 0 amide bonds. The monoisotopic (exact) mass is 377 g/mol. The highest BCUT2D eigenvalue weighted by Crippen LogP contribution is 2.36. The molecule has 10 heteroatoms. The van der Waals surface area contributed by atoms with Crippen molar-refractivity contribution in [3.05, 3.63) is 58.4 Å². The Morgan fingerprint density at radius 1 is 1.08 bits per heavy atom. The van der Waals surface area contributed by atoms with E-state index in [1.54, 1.807) is 0 Å². The third-order valence-electron chi connectivity index (χ3n) is 3.34. The summed E-state index contributed by atoms with van der Waals surface area (Å²) >= 11 is 0. The summed E-state index contributed by atoms with van der Waals surface area (Å²) in [6, 6.07) is 2.05. The molecule has 0 unspecified atom stereocenters. The van der Waals surface area contributed by atoms with Crippen molar-refractivity contribution in [2.75, 3.05) is 12.4 Å². The average Bonchev–Trinajstić information content (AvgIpc) is 2.57. The fraction of sp³-hybridized carbons (Fsp3) is 0.125. The average molecular weight is 377 g/mol. The van der Waals surface area contributed by atoms with Gasteiger partial charge in [-0.25, -0.2) is 18.0 Å². The van der Waals surface area contributed by atoms with E-state index in [9.17, 15) is 35.9 Å². The Bertz CT molecular complexity index is 879. The molecule has 26 heavy (non-hydrogen) atoms. The van der Waals surface area contributed by atoms with Crippen LogP contribution in [0.5, 0.6) is 0 Å². The van der Waals surface area contributed by atoms with Gasteiger partial charge < -0.3 is 10.1 Å². The SMILES string of the molecule is COC(=O)c1cc(F)c(C(F)(F)F)cc1Nc1ccc(F)c(F)c1C=O. The first-order chi connectivity index (χ1) is 12.1. The topological polar surface area (TPSA) is 55.4 Å². The highest BCUT2D eigenvalue weighted by molar-refractivity contribution is 5.98. The minimum absolute atomic E-state index is 0.0627. The van der Waals surface area contributed by atoms with E-state index in [0.717, 1.165) is 13.2 Å². The number of halogens is 6. The summed E-state index contributed by atoms with van der Waals surface area (Å²) in [5, 5.41) is 2.21. The molecule has 0 aromatic heterocycles. The van der Waals surface area contributed by atoms with Gasteiger partial charge in [0, 0.05) is 0 Å². The van der Waals surface area contributed by atoms with E-state index in [0.29, 0.717) is 6.07 Å². The summed E-state index contributed by atoms with van der Waals surface area (Å²) in [6.45, 7) is 0. The highest BCUT2D eigenvalue weighted by atomic mass is 19.4. The second kappa shape index (κ2) is 7.06. The molecule has 0 aliphatic heterocycles. The van der Waals surface area contributed by atoms with Gasteiger partial charge >= 0.3 is 12.1 Å². The lowest BCUT2D eigenvalue weighted by Crippen LogP contribution is -2.13. The summed E-state index contributed by atoms with van der Waals surface area (Å²) in [7, 11) is 0.913. The van der Waals surface area contributed by atoms with Crippen LogP contribution in [0, 0.1) is 17.5 Å². The number of nitrogens with one attached hydrogen (secondary N) is 1. The third kappa shape index (κ3) is 3.63. The Balaban J connectivity index is 2.66. The summed E-state index contributed by atoms with van der Waals surface area (Å²) in [5.41, 5.74) is -4.20. The van der Waals surface area contributed by atoms with Gasteiger partial charge in [0.2, 0.25) is 0 Å². The van der Waals surface area contributed by atoms with Crippen LogP contribution in [0.1, 0.15) is 26.3 Å². The Hall–Kier alpha value is -3.04. The largest absolute Gasteiger partial charge is 0.465 e. The van der Waals surface area contributed by atoms with Crippen LogP contribution in [-0.4, -0.2) is 19.4 Å². The second-order valence-corrected chi connectivity index (χ2v) is 4.93. The molecule has 4 nitrogen and oxygen atoms in total. The van der Waals surface area contributed by atoms with Gasteiger partial charge in [0.1, 0.15) is 5.82 Å². The lowest BCUT2D eigenvalue weighted by atomic mass is 10.1. The first-order valence-corrected chi connectivity index (χ1v) is 6.79. The summed E-state index contributed by atoms with van der Waals surface area (Å²) < 4.78 is 83.6. The molecule has 0 aliphatic rings.